The minimum atomic E-state index is -0.168. The Balaban J connectivity index is 2.66. The molecule has 1 N–H and O–H groups in total. The predicted molar refractivity (Wildman–Crippen MR) is 74.3 cm³/mol. The molecule has 0 aliphatic heterocycles. The van der Waals surface area contributed by atoms with Crippen LogP contribution >= 0.6 is 11.6 Å². The summed E-state index contributed by atoms with van der Waals surface area (Å²) in [7, 11) is 3.37. The quantitative estimate of drug-likeness (QED) is 0.672. The second kappa shape index (κ2) is 6.91. The van der Waals surface area contributed by atoms with E-state index in [4.69, 9.17) is 16.3 Å². The number of carbonyl (C=O) groups is 1. The first-order valence-corrected chi connectivity index (χ1v) is 6.07. The number of alkyl halides is 1. The Hall–Kier alpha value is -1.68. The fourth-order valence-electron chi connectivity index (χ4n) is 1.16. The number of rotatable bonds is 4. The van der Waals surface area contributed by atoms with Crippen molar-refractivity contribution >= 4 is 23.3 Å². The number of halogens is 1. The summed E-state index contributed by atoms with van der Waals surface area (Å²) >= 11 is 5.70. The van der Waals surface area contributed by atoms with Gasteiger partial charge in [-0.3, -0.25) is 0 Å². The summed E-state index contributed by atoms with van der Waals surface area (Å²) in [5.41, 5.74) is 0.717. The molecule has 0 aliphatic rings. The maximum atomic E-state index is 11.4. The Morgan fingerprint density at radius 2 is 2.00 bits per heavy atom. The van der Waals surface area contributed by atoms with Crippen molar-refractivity contribution in [2.45, 2.75) is 6.92 Å². The molecule has 0 saturated carbocycles. The summed E-state index contributed by atoms with van der Waals surface area (Å²) in [6, 6.07) is 6.94. The maximum absolute atomic E-state index is 11.4. The molecule has 4 nitrogen and oxygen atoms in total. The van der Waals surface area contributed by atoms with E-state index in [-0.39, 0.29) is 6.03 Å². The SMILES string of the molecule is CC=C(CCl)Oc1ccc(NC(=O)N(C)C)cc1. The molecule has 0 spiro atoms. The van der Waals surface area contributed by atoms with Gasteiger partial charge < -0.3 is 15.0 Å². The second-order valence-corrected chi connectivity index (χ2v) is 4.11. The molecule has 2 amide bonds. The standard InChI is InChI=1S/C13H17ClN2O2/c1-4-11(9-14)18-12-7-5-10(6-8-12)15-13(17)16(2)3/h4-8H,9H2,1-3H3,(H,15,17). The summed E-state index contributed by atoms with van der Waals surface area (Å²) in [5.74, 6) is 1.71. The average molecular weight is 269 g/mol. The second-order valence-electron chi connectivity index (χ2n) is 3.84. The van der Waals surface area contributed by atoms with Gasteiger partial charge in [0.05, 0.1) is 5.88 Å². The predicted octanol–water partition coefficient (Wildman–Crippen LogP) is 3.30. The summed E-state index contributed by atoms with van der Waals surface area (Å²) in [6.07, 6.45) is 1.81. The maximum Gasteiger partial charge on any atom is 0.321 e. The van der Waals surface area contributed by atoms with E-state index in [9.17, 15) is 4.79 Å². The van der Waals surface area contributed by atoms with Crippen molar-refractivity contribution < 1.29 is 9.53 Å². The smallest absolute Gasteiger partial charge is 0.321 e. The van der Waals surface area contributed by atoms with Crippen LogP contribution in [0.25, 0.3) is 0 Å². The van der Waals surface area contributed by atoms with E-state index in [1.807, 2.05) is 13.0 Å². The molecule has 1 aromatic carbocycles. The van der Waals surface area contributed by atoms with E-state index in [1.54, 1.807) is 38.4 Å². The van der Waals surface area contributed by atoms with E-state index < -0.39 is 0 Å². The van der Waals surface area contributed by atoms with Crippen LogP contribution in [-0.2, 0) is 0 Å². The Morgan fingerprint density at radius 3 is 2.44 bits per heavy atom. The summed E-state index contributed by atoms with van der Waals surface area (Å²) in [6.45, 7) is 1.86. The zero-order valence-electron chi connectivity index (χ0n) is 10.7. The van der Waals surface area contributed by atoms with Crippen LogP contribution < -0.4 is 10.1 Å². The van der Waals surface area contributed by atoms with Gasteiger partial charge in [-0.05, 0) is 37.3 Å². The Labute approximate surface area is 112 Å². The summed E-state index contributed by atoms with van der Waals surface area (Å²) < 4.78 is 5.53. The Kier molecular flexibility index (Phi) is 5.52. The normalized spacial score (nSPS) is 11.0. The number of carbonyl (C=O) groups excluding carboxylic acids is 1. The third-order valence-electron chi connectivity index (χ3n) is 2.21. The number of anilines is 1. The minimum absolute atomic E-state index is 0.168. The third kappa shape index (κ3) is 4.30. The van der Waals surface area contributed by atoms with Gasteiger partial charge >= 0.3 is 6.03 Å². The number of amides is 2. The number of hydrogen-bond donors (Lipinski definition) is 1. The molecule has 0 radical (unpaired) electrons. The number of benzene rings is 1. The van der Waals surface area contributed by atoms with Crippen LogP contribution in [0.15, 0.2) is 36.1 Å². The largest absolute Gasteiger partial charge is 0.461 e. The zero-order valence-corrected chi connectivity index (χ0v) is 11.5. The van der Waals surface area contributed by atoms with Crippen LogP contribution in [0.4, 0.5) is 10.5 Å². The first-order chi connectivity index (χ1) is 8.56. The van der Waals surface area contributed by atoms with Crippen molar-refractivity contribution in [1.82, 2.24) is 4.90 Å². The number of nitrogens with zero attached hydrogens (tertiary/aromatic N) is 1. The van der Waals surface area contributed by atoms with Gasteiger partial charge in [0, 0.05) is 19.8 Å². The van der Waals surface area contributed by atoms with Crippen molar-refractivity contribution in [3.8, 4) is 5.75 Å². The van der Waals surface area contributed by atoms with Crippen LogP contribution in [0.1, 0.15) is 6.92 Å². The van der Waals surface area contributed by atoms with Gasteiger partial charge in [0.2, 0.25) is 0 Å². The van der Waals surface area contributed by atoms with Gasteiger partial charge in [-0.15, -0.1) is 11.6 Å². The molecule has 0 aromatic heterocycles. The molecule has 0 unspecified atom stereocenters. The molecule has 0 heterocycles. The fraction of sp³-hybridized carbons (Fsp3) is 0.308. The summed E-state index contributed by atoms with van der Waals surface area (Å²) in [4.78, 5) is 12.9. The van der Waals surface area contributed by atoms with E-state index >= 15 is 0 Å². The molecule has 0 bridgehead atoms. The van der Waals surface area contributed by atoms with Gasteiger partial charge in [0.1, 0.15) is 11.5 Å². The average Bonchev–Trinajstić information content (AvgIpc) is 2.37. The van der Waals surface area contributed by atoms with Crippen LogP contribution in [-0.4, -0.2) is 30.9 Å². The number of urea groups is 1. The van der Waals surface area contributed by atoms with Crippen LogP contribution in [0.3, 0.4) is 0 Å². The number of nitrogens with one attached hydrogen (secondary N) is 1. The molecule has 1 aromatic rings. The lowest BCUT2D eigenvalue weighted by molar-refractivity contribution is 0.230. The highest BCUT2D eigenvalue weighted by molar-refractivity contribution is 6.19. The molecule has 0 saturated heterocycles. The van der Waals surface area contributed by atoms with Crippen LogP contribution in [0.5, 0.6) is 5.75 Å². The number of ether oxygens (including phenoxy) is 1. The first-order valence-electron chi connectivity index (χ1n) is 5.54. The molecule has 18 heavy (non-hydrogen) atoms. The highest BCUT2D eigenvalue weighted by Crippen LogP contribution is 2.18. The lowest BCUT2D eigenvalue weighted by atomic mass is 10.3. The van der Waals surface area contributed by atoms with Gasteiger partial charge in [0.15, 0.2) is 0 Å². The Morgan fingerprint density at radius 1 is 1.39 bits per heavy atom. The van der Waals surface area contributed by atoms with Crippen LogP contribution in [0, 0.1) is 0 Å². The summed E-state index contributed by atoms with van der Waals surface area (Å²) in [5, 5.41) is 2.74. The molecule has 98 valence electrons. The van der Waals surface area contributed by atoms with Gasteiger partial charge in [0.25, 0.3) is 0 Å². The molecule has 5 heteroatoms. The molecule has 1 rings (SSSR count). The van der Waals surface area contributed by atoms with Gasteiger partial charge in [-0.25, -0.2) is 4.79 Å². The minimum Gasteiger partial charge on any atom is -0.461 e. The lowest BCUT2D eigenvalue weighted by Gasteiger charge is -2.12. The van der Waals surface area contributed by atoms with E-state index in [2.05, 4.69) is 5.32 Å². The van der Waals surface area contributed by atoms with E-state index in [1.165, 1.54) is 4.90 Å². The number of allylic oxidation sites excluding steroid dienone is 2. The molecular weight excluding hydrogens is 252 g/mol. The lowest BCUT2D eigenvalue weighted by Crippen LogP contribution is -2.27. The Bertz CT molecular complexity index is 427. The molecular formula is C13H17ClN2O2. The van der Waals surface area contributed by atoms with Crippen molar-refractivity contribution in [2.24, 2.45) is 0 Å². The van der Waals surface area contributed by atoms with Crippen molar-refractivity contribution in [2.75, 3.05) is 25.3 Å². The number of hydrogen-bond acceptors (Lipinski definition) is 2. The zero-order chi connectivity index (χ0) is 13.5. The van der Waals surface area contributed by atoms with Gasteiger partial charge in [-0.1, -0.05) is 0 Å². The van der Waals surface area contributed by atoms with Crippen molar-refractivity contribution in [1.29, 1.82) is 0 Å². The van der Waals surface area contributed by atoms with E-state index in [0.717, 1.165) is 0 Å². The van der Waals surface area contributed by atoms with Crippen molar-refractivity contribution in [3.63, 3.8) is 0 Å². The van der Waals surface area contributed by atoms with E-state index in [0.29, 0.717) is 23.1 Å². The third-order valence-corrected chi connectivity index (χ3v) is 2.48. The monoisotopic (exact) mass is 268 g/mol. The molecule has 0 atom stereocenters. The molecule has 0 fully saturated rings. The molecule has 0 aliphatic carbocycles. The van der Waals surface area contributed by atoms with Gasteiger partial charge in [-0.2, -0.15) is 0 Å². The first kappa shape index (κ1) is 14.4. The topological polar surface area (TPSA) is 41.6 Å². The highest BCUT2D eigenvalue weighted by Gasteiger charge is 2.04. The van der Waals surface area contributed by atoms with Crippen molar-refractivity contribution in [3.05, 3.63) is 36.1 Å². The fourth-order valence-corrected chi connectivity index (χ4v) is 1.37. The highest BCUT2D eigenvalue weighted by atomic mass is 35.5. The van der Waals surface area contributed by atoms with Crippen LogP contribution in [0.2, 0.25) is 0 Å².